The molecule has 21 heavy (non-hydrogen) atoms. The first-order chi connectivity index (χ1) is 9.98. The summed E-state index contributed by atoms with van der Waals surface area (Å²) in [6.07, 6.45) is 12.0. The van der Waals surface area contributed by atoms with Crippen LogP contribution < -0.4 is 5.32 Å². The third-order valence-corrected chi connectivity index (χ3v) is 4.46. The second-order valence-electron chi connectivity index (χ2n) is 7.56. The van der Waals surface area contributed by atoms with Gasteiger partial charge < -0.3 is 5.32 Å². The molecule has 0 atom stereocenters. The molecule has 0 aromatic carbocycles. The van der Waals surface area contributed by atoms with Crippen LogP contribution in [0.25, 0.3) is 0 Å². The molecule has 3 nitrogen and oxygen atoms in total. The van der Waals surface area contributed by atoms with Crippen LogP contribution in [0.4, 0.5) is 0 Å². The molecule has 1 aliphatic carbocycles. The molecule has 1 fully saturated rings. The largest absolute Gasteiger partial charge is 0.308 e. The summed E-state index contributed by atoms with van der Waals surface area (Å²) in [5, 5.41) is 3.48. The molecule has 3 heteroatoms. The summed E-state index contributed by atoms with van der Waals surface area (Å²) in [6.45, 7) is 9.66. The van der Waals surface area contributed by atoms with Crippen LogP contribution in [0.15, 0.2) is 12.4 Å². The van der Waals surface area contributed by atoms with Crippen molar-refractivity contribution in [3.8, 4) is 0 Å². The molecule has 1 N–H and O–H groups in total. The maximum Gasteiger partial charge on any atom is 0.131 e. The predicted molar refractivity (Wildman–Crippen MR) is 88.2 cm³/mol. The van der Waals surface area contributed by atoms with Crippen LogP contribution in [-0.2, 0) is 6.54 Å². The van der Waals surface area contributed by atoms with Crippen molar-refractivity contribution in [2.24, 2.45) is 5.92 Å². The molecule has 0 spiro atoms. The number of hydrogen-bond acceptors (Lipinski definition) is 3. The third kappa shape index (κ3) is 5.39. The van der Waals surface area contributed by atoms with Crippen molar-refractivity contribution < 1.29 is 0 Å². The maximum atomic E-state index is 4.62. The Morgan fingerprint density at radius 3 is 2.24 bits per heavy atom. The monoisotopic (exact) mass is 289 g/mol. The van der Waals surface area contributed by atoms with Crippen LogP contribution in [-0.4, -0.2) is 15.5 Å². The zero-order chi connectivity index (χ0) is 15.3. The van der Waals surface area contributed by atoms with Crippen molar-refractivity contribution in [1.29, 1.82) is 0 Å². The fourth-order valence-electron chi connectivity index (χ4n) is 3.15. The summed E-state index contributed by atoms with van der Waals surface area (Å²) in [5.74, 6) is 2.59. The van der Waals surface area contributed by atoms with E-state index in [4.69, 9.17) is 0 Å². The van der Waals surface area contributed by atoms with Gasteiger partial charge in [0.25, 0.3) is 0 Å². The van der Waals surface area contributed by atoms with Crippen molar-refractivity contribution in [3.63, 3.8) is 0 Å². The average molecular weight is 289 g/mol. The van der Waals surface area contributed by atoms with Gasteiger partial charge in [-0.05, 0) is 52.4 Å². The van der Waals surface area contributed by atoms with Gasteiger partial charge in [-0.2, -0.15) is 0 Å². The molecule has 1 heterocycles. The lowest BCUT2D eigenvalue weighted by Gasteiger charge is -2.27. The first-order valence-corrected chi connectivity index (χ1v) is 8.54. The molecule has 0 unspecified atom stereocenters. The van der Waals surface area contributed by atoms with Crippen molar-refractivity contribution in [3.05, 3.63) is 23.8 Å². The van der Waals surface area contributed by atoms with Crippen molar-refractivity contribution in [2.45, 2.75) is 84.2 Å². The van der Waals surface area contributed by atoms with Crippen LogP contribution in [0.1, 0.15) is 83.5 Å². The number of hydrogen-bond donors (Lipinski definition) is 1. The Hall–Kier alpha value is -0.960. The molecular formula is C18H31N3. The fourth-order valence-corrected chi connectivity index (χ4v) is 3.15. The van der Waals surface area contributed by atoms with Gasteiger partial charge >= 0.3 is 0 Å². The average Bonchev–Trinajstić information content (AvgIpc) is 2.46. The summed E-state index contributed by atoms with van der Waals surface area (Å²) in [5.41, 5.74) is 1.31. The molecule has 0 bridgehead atoms. The van der Waals surface area contributed by atoms with Crippen LogP contribution in [0.2, 0.25) is 0 Å². The predicted octanol–water partition coefficient (Wildman–Crippen LogP) is 4.44. The molecule has 1 saturated carbocycles. The molecule has 118 valence electrons. The highest BCUT2D eigenvalue weighted by molar-refractivity contribution is 5.08. The van der Waals surface area contributed by atoms with Crippen LogP contribution in [0.3, 0.4) is 0 Å². The smallest absolute Gasteiger partial charge is 0.131 e. The molecule has 0 radical (unpaired) electrons. The van der Waals surface area contributed by atoms with Crippen molar-refractivity contribution >= 4 is 0 Å². The highest BCUT2D eigenvalue weighted by atomic mass is 15.0. The molecule has 0 amide bonds. The standard InChI is InChI=1S/C18H31N3/c1-5-6-14-7-9-16(10-8-14)17-19-11-15(12-20-17)13-21-18(2,3)4/h11-12,14,16,21H,5-10,13H2,1-4H3. The lowest BCUT2D eigenvalue weighted by molar-refractivity contribution is 0.302. The number of aromatic nitrogens is 2. The number of nitrogens with zero attached hydrogens (tertiary/aromatic N) is 2. The third-order valence-electron chi connectivity index (χ3n) is 4.46. The maximum absolute atomic E-state index is 4.62. The highest BCUT2D eigenvalue weighted by Crippen LogP contribution is 2.35. The Balaban J connectivity index is 1.85. The minimum absolute atomic E-state index is 0.135. The fraction of sp³-hybridized carbons (Fsp3) is 0.778. The van der Waals surface area contributed by atoms with E-state index in [0.29, 0.717) is 5.92 Å². The number of rotatable bonds is 5. The minimum atomic E-state index is 0.135. The molecule has 1 aliphatic rings. The lowest BCUT2D eigenvalue weighted by atomic mass is 9.80. The van der Waals surface area contributed by atoms with Gasteiger partial charge in [-0.15, -0.1) is 0 Å². The van der Waals surface area contributed by atoms with E-state index in [1.807, 2.05) is 12.4 Å². The Morgan fingerprint density at radius 1 is 1.10 bits per heavy atom. The van der Waals surface area contributed by atoms with E-state index in [1.54, 1.807) is 0 Å². The minimum Gasteiger partial charge on any atom is -0.308 e. The van der Waals surface area contributed by atoms with Crippen LogP contribution >= 0.6 is 0 Å². The van der Waals surface area contributed by atoms with Gasteiger partial charge in [0.2, 0.25) is 0 Å². The lowest BCUT2D eigenvalue weighted by Crippen LogP contribution is -2.35. The Labute approximate surface area is 130 Å². The zero-order valence-electron chi connectivity index (χ0n) is 14.2. The van der Waals surface area contributed by atoms with Gasteiger partial charge in [0.15, 0.2) is 0 Å². The van der Waals surface area contributed by atoms with E-state index in [0.717, 1.165) is 18.3 Å². The molecule has 2 rings (SSSR count). The summed E-state index contributed by atoms with van der Waals surface area (Å²) in [4.78, 5) is 9.25. The highest BCUT2D eigenvalue weighted by Gasteiger charge is 2.23. The van der Waals surface area contributed by atoms with E-state index in [2.05, 4.69) is 43.0 Å². The summed E-state index contributed by atoms with van der Waals surface area (Å²) >= 11 is 0. The normalized spacial score (nSPS) is 23.2. The van der Waals surface area contributed by atoms with Gasteiger partial charge in [0, 0.05) is 36.0 Å². The molecule has 0 aliphatic heterocycles. The SMILES string of the molecule is CCCC1CCC(c2ncc(CNC(C)(C)C)cn2)CC1. The van der Waals surface area contributed by atoms with Gasteiger partial charge in [-0.1, -0.05) is 19.8 Å². The second kappa shape index (κ2) is 7.35. The Morgan fingerprint density at radius 2 is 1.71 bits per heavy atom. The van der Waals surface area contributed by atoms with Crippen LogP contribution in [0, 0.1) is 5.92 Å². The summed E-state index contributed by atoms with van der Waals surface area (Å²) in [7, 11) is 0. The molecule has 0 saturated heterocycles. The number of nitrogens with one attached hydrogen (secondary N) is 1. The first-order valence-electron chi connectivity index (χ1n) is 8.54. The van der Waals surface area contributed by atoms with Gasteiger partial charge in [0.05, 0.1) is 0 Å². The van der Waals surface area contributed by atoms with Gasteiger partial charge in [0.1, 0.15) is 5.82 Å². The first kappa shape index (κ1) is 16.4. The van der Waals surface area contributed by atoms with E-state index in [1.165, 1.54) is 44.1 Å². The van der Waals surface area contributed by atoms with Crippen LogP contribution in [0.5, 0.6) is 0 Å². The zero-order valence-corrected chi connectivity index (χ0v) is 14.2. The van der Waals surface area contributed by atoms with Crippen molar-refractivity contribution in [1.82, 2.24) is 15.3 Å². The van der Waals surface area contributed by atoms with Crippen molar-refractivity contribution in [2.75, 3.05) is 0 Å². The topological polar surface area (TPSA) is 37.8 Å². The van der Waals surface area contributed by atoms with E-state index in [-0.39, 0.29) is 5.54 Å². The van der Waals surface area contributed by atoms with Gasteiger partial charge in [-0.25, -0.2) is 9.97 Å². The second-order valence-corrected chi connectivity index (χ2v) is 7.56. The van der Waals surface area contributed by atoms with E-state index >= 15 is 0 Å². The van der Waals surface area contributed by atoms with E-state index < -0.39 is 0 Å². The Kier molecular flexibility index (Phi) is 5.74. The summed E-state index contributed by atoms with van der Waals surface area (Å²) < 4.78 is 0. The van der Waals surface area contributed by atoms with Gasteiger partial charge in [-0.3, -0.25) is 0 Å². The molecule has 1 aromatic heterocycles. The Bertz CT molecular complexity index is 411. The molecule has 1 aromatic rings. The molecular weight excluding hydrogens is 258 g/mol. The summed E-state index contributed by atoms with van der Waals surface area (Å²) in [6, 6.07) is 0. The quantitative estimate of drug-likeness (QED) is 0.871. The van der Waals surface area contributed by atoms with E-state index in [9.17, 15) is 0 Å².